The van der Waals surface area contributed by atoms with Gasteiger partial charge in [-0.25, -0.2) is 19.2 Å². The van der Waals surface area contributed by atoms with E-state index in [2.05, 4.69) is 0 Å². The minimum atomic E-state index is -0.800. The van der Waals surface area contributed by atoms with Crippen LogP contribution < -0.4 is 14.2 Å². The summed E-state index contributed by atoms with van der Waals surface area (Å²) in [4.78, 5) is 51.6. The molecule has 0 N–H and O–H groups in total. The lowest BCUT2D eigenvalue weighted by Crippen LogP contribution is -2.16. The van der Waals surface area contributed by atoms with Crippen molar-refractivity contribution >= 4 is 23.9 Å². The predicted octanol–water partition coefficient (Wildman–Crippen LogP) is 5.91. The van der Waals surface area contributed by atoms with E-state index in [-0.39, 0.29) is 46.1 Å². The van der Waals surface area contributed by atoms with Crippen molar-refractivity contribution in [3.05, 3.63) is 125 Å². The maximum absolute atomic E-state index is 13.0. The van der Waals surface area contributed by atoms with Crippen molar-refractivity contribution in [2.24, 2.45) is 0 Å². The van der Waals surface area contributed by atoms with Gasteiger partial charge in [0.05, 0.1) is 28.9 Å². The smallest absolute Gasteiger partial charge is 0.343 e. The molecule has 4 aromatic carbocycles. The Hall–Kier alpha value is -5.24. The third-order valence-corrected chi connectivity index (χ3v) is 5.32. The van der Waals surface area contributed by atoms with Gasteiger partial charge in [-0.1, -0.05) is 61.5 Å². The lowest BCUT2D eigenvalue weighted by atomic mass is 10.1. The van der Waals surface area contributed by atoms with Crippen molar-refractivity contribution < 1.29 is 38.1 Å². The molecule has 0 amide bonds. The Morgan fingerprint density at radius 1 is 0.513 bits per heavy atom. The van der Waals surface area contributed by atoms with Gasteiger partial charge in [-0.15, -0.1) is 0 Å². The standard InChI is InChI=1S/C31H24O8/c1-2-18-36-28(32)24-19-25(37-29(33)21-12-6-3-7-13-21)27(39-31(35)23-16-10-5-11-17-23)26(20-24)38-30(34)22-14-8-4-9-15-22/h3-17,19-20H,2,18H2,1H3. The number of carbonyl (C=O) groups excluding carboxylic acids is 4. The van der Waals surface area contributed by atoms with E-state index in [1.165, 1.54) is 48.5 Å². The SMILES string of the molecule is CCCOC(=O)c1cc(OC(=O)c2ccccc2)c(OC(=O)c2ccccc2)c(OC(=O)c2ccccc2)c1. The second-order valence-corrected chi connectivity index (χ2v) is 8.20. The number of carbonyl (C=O) groups is 4. The molecule has 0 radical (unpaired) electrons. The van der Waals surface area contributed by atoms with E-state index in [9.17, 15) is 19.2 Å². The van der Waals surface area contributed by atoms with Crippen LogP contribution in [0.3, 0.4) is 0 Å². The molecule has 0 bridgehead atoms. The van der Waals surface area contributed by atoms with Gasteiger partial charge < -0.3 is 18.9 Å². The minimum Gasteiger partial charge on any atom is -0.462 e. The third-order valence-electron chi connectivity index (χ3n) is 5.32. The molecule has 8 heteroatoms. The molecular weight excluding hydrogens is 500 g/mol. The summed E-state index contributed by atoms with van der Waals surface area (Å²) in [5.74, 6) is -4.09. The van der Waals surface area contributed by atoms with Crippen LogP contribution in [0.5, 0.6) is 17.2 Å². The van der Waals surface area contributed by atoms with E-state index < -0.39 is 23.9 Å². The van der Waals surface area contributed by atoms with E-state index in [0.717, 1.165) is 0 Å². The zero-order chi connectivity index (χ0) is 27.6. The van der Waals surface area contributed by atoms with Crippen LogP contribution >= 0.6 is 0 Å². The number of benzene rings is 4. The molecule has 0 aliphatic rings. The lowest BCUT2D eigenvalue weighted by Gasteiger charge is -2.16. The minimum absolute atomic E-state index is 0.0744. The van der Waals surface area contributed by atoms with Crippen molar-refractivity contribution in [2.45, 2.75) is 13.3 Å². The molecule has 0 unspecified atom stereocenters. The fourth-order valence-electron chi connectivity index (χ4n) is 3.42. The summed E-state index contributed by atoms with van der Waals surface area (Å²) in [5, 5.41) is 0. The summed E-state index contributed by atoms with van der Waals surface area (Å²) in [7, 11) is 0. The predicted molar refractivity (Wildman–Crippen MR) is 141 cm³/mol. The molecule has 4 aromatic rings. The van der Waals surface area contributed by atoms with Gasteiger partial charge in [0.1, 0.15) is 0 Å². The largest absolute Gasteiger partial charge is 0.462 e. The molecule has 0 saturated heterocycles. The first-order chi connectivity index (χ1) is 19.0. The highest BCUT2D eigenvalue weighted by atomic mass is 16.6. The molecule has 0 spiro atoms. The van der Waals surface area contributed by atoms with Crippen LogP contribution in [-0.2, 0) is 4.74 Å². The van der Waals surface area contributed by atoms with Crippen LogP contribution in [0.15, 0.2) is 103 Å². The van der Waals surface area contributed by atoms with Crippen molar-refractivity contribution in [3.8, 4) is 17.2 Å². The van der Waals surface area contributed by atoms with Crippen molar-refractivity contribution in [1.29, 1.82) is 0 Å². The normalized spacial score (nSPS) is 10.3. The first kappa shape index (κ1) is 26.8. The molecule has 0 aliphatic carbocycles. The van der Waals surface area contributed by atoms with Gasteiger partial charge in [-0.2, -0.15) is 0 Å². The maximum atomic E-state index is 13.0. The molecule has 196 valence electrons. The summed E-state index contributed by atoms with van der Waals surface area (Å²) in [5.41, 5.74) is 0.540. The fraction of sp³-hybridized carbons (Fsp3) is 0.0968. The van der Waals surface area contributed by atoms with Crippen molar-refractivity contribution in [2.75, 3.05) is 6.61 Å². The number of ether oxygens (including phenoxy) is 4. The summed E-state index contributed by atoms with van der Waals surface area (Å²) in [6, 6.07) is 26.7. The highest BCUT2D eigenvalue weighted by Gasteiger charge is 2.26. The van der Waals surface area contributed by atoms with Crippen LogP contribution in [0.4, 0.5) is 0 Å². The molecule has 0 aliphatic heterocycles. The Morgan fingerprint density at radius 3 is 1.28 bits per heavy atom. The highest BCUT2D eigenvalue weighted by Crippen LogP contribution is 2.40. The van der Waals surface area contributed by atoms with Crippen LogP contribution in [0, 0.1) is 0 Å². The fourth-order valence-corrected chi connectivity index (χ4v) is 3.42. The van der Waals surface area contributed by atoms with E-state index >= 15 is 0 Å². The number of hydrogen-bond donors (Lipinski definition) is 0. The maximum Gasteiger partial charge on any atom is 0.343 e. The number of hydrogen-bond acceptors (Lipinski definition) is 8. The Kier molecular flexibility index (Phi) is 8.82. The van der Waals surface area contributed by atoms with Crippen LogP contribution in [0.25, 0.3) is 0 Å². The van der Waals surface area contributed by atoms with E-state index in [4.69, 9.17) is 18.9 Å². The number of rotatable bonds is 9. The second kappa shape index (κ2) is 12.8. The first-order valence-corrected chi connectivity index (χ1v) is 12.1. The zero-order valence-electron chi connectivity index (χ0n) is 21.0. The lowest BCUT2D eigenvalue weighted by molar-refractivity contribution is 0.0500. The molecule has 8 nitrogen and oxygen atoms in total. The average Bonchev–Trinajstić information content (AvgIpc) is 2.98. The van der Waals surface area contributed by atoms with E-state index in [1.807, 2.05) is 6.92 Å². The summed E-state index contributed by atoms with van der Waals surface area (Å²) >= 11 is 0. The van der Waals surface area contributed by atoms with Crippen molar-refractivity contribution in [1.82, 2.24) is 0 Å². The van der Waals surface area contributed by atoms with Gasteiger partial charge in [0.25, 0.3) is 0 Å². The Bertz CT molecular complexity index is 1390. The van der Waals surface area contributed by atoms with E-state index in [1.54, 1.807) is 54.6 Å². The van der Waals surface area contributed by atoms with Gasteiger partial charge in [-0.3, -0.25) is 0 Å². The van der Waals surface area contributed by atoms with Gasteiger partial charge in [0.2, 0.25) is 5.75 Å². The molecule has 39 heavy (non-hydrogen) atoms. The Balaban J connectivity index is 1.80. The van der Waals surface area contributed by atoms with E-state index in [0.29, 0.717) is 6.42 Å². The van der Waals surface area contributed by atoms with Crippen molar-refractivity contribution in [3.63, 3.8) is 0 Å². The van der Waals surface area contributed by atoms with Crippen LogP contribution in [-0.4, -0.2) is 30.5 Å². The average molecular weight is 525 g/mol. The second-order valence-electron chi connectivity index (χ2n) is 8.20. The van der Waals surface area contributed by atoms with Gasteiger partial charge in [0, 0.05) is 0 Å². The molecule has 0 aromatic heterocycles. The summed E-state index contributed by atoms with van der Waals surface area (Å²) in [6.45, 7) is 1.97. The van der Waals surface area contributed by atoms with Gasteiger partial charge >= 0.3 is 23.9 Å². The summed E-state index contributed by atoms with van der Waals surface area (Å²) in [6.07, 6.45) is 0.574. The molecule has 0 fully saturated rings. The quantitative estimate of drug-likeness (QED) is 0.197. The Morgan fingerprint density at radius 2 is 0.897 bits per heavy atom. The Labute approximate surface area is 224 Å². The van der Waals surface area contributed by atoms with Crippen LogP contribution in [0.2, 0.25) is 0 Å². The topological polar surface area (TPSA) is 105 Å². The third kappa shape index (κ3) is 6.95. The summed E-state index contributed by atoms with van der Waals surface area (Å²) < 4.78 is 22.0. The molecule has 0 saturated carbocycles. The van der Waals surface area contributed by atoms with Crippen LogP contribution in [0.1, 0.15) is 54.8 Å². The zero-order valence-corrected chi connectivity index (χ0v) is 21.0. The van der Waals surface area contributed by atoms with Gasteiger partial charge in [-0.05, 0) is 55.0 Å². The molecule has 0 atom stereocenters. The molecule has 4 rings (SSSR count). The monoisotopic (exact) mass is 524 g/mol. The number of esters is 4. The first-order valence-electron chi connectivity index (χ1n) is 12.1. The van der Waals surface area contributed by atoms with Gasteiger partial charge in [0.15, 0.2) is 11.5 Å². The highest BCUT2D eigenvalue weighted by molar-refractivity contribution is 5.97. The molecule has 0 heterocycles. The molecular formula is C31H24O8.